The zero-order valence-electron chi connectivity index (χ0n) is 16.3. The van der Waals surface area contributed by atoms with Gasteiger partial charge in [-0.3, -0.25) is 4.79 Å². The lowest BCUT2D eigenvalue weighted by Crippen LogP contribution is -2.50. The van der Waals surface area contributed by atoms with E-state index in [1.807, 2.05) is 0 Å². The quantitative estimate of drug-likeness (QED) is 0.813. The summed E-state index contributed by atoms with van der Waals surface area (Å²) < 4.78 is 5.25. The van der Waals surface area contributed by atoms with E-state index in [1.165, 1.54) is 24.0 Å². The Kier molecular flexibility index (Phi) is 4.83. The first kappa shape index (κ1) is 18.0. The number of methoxy groups -OCH3 is 1. The van der Waals surface area contributed by atoms with Gasteiger partial charge in [-0.1, -0.05) is 24.3 Å². The average molecular weight is 357 g/mol. The van der Waals surface area contributed by atoms with Crippen molar-refractivity contribution in [2.45, 2.75) is 44.4 Å². The maximum absolute atomic E-state index is 13.5. The number of benzene rings is 1. The Hall–Kier alpha value is -1.39. The summed E-state index contributed by atoms with van der Waals surface area (Å²) in [5.41, 5.74) is 2.61. The highest BCUT2D eigenvalue weighted by Gasteiger charge is 2.55. The third kappa shape index (κ3) is 3.18. The van der Waals surface area contributed by atoms with Gasteiger partial charge in [-0.15, -0.1) is 0 Å². The molecule has 1 aliphatic carbocycles. The summed E-state index contributed by atoms with van der Waals surface area (Å²) in [7, 11) is 1.77. The number of piperidine rings is 1. The van der Waals surface area contributed by atoms with Crippen LogP contribution in [0.1, 0.15) is 43.2 Å². The molecule has 4 nitrogen and oxygen atoms in total. The lowest BCUT2D eigenvalue weighted by Gasteiger charge is -2.42. The number of amides is 1. The van der Waals surface area contributed by atoms with Gasteiger partial charge in [-0.25, -0.2) is 0 Å². The molecule has 1 amide bonds. The van der Waals surface area contributed by atoms with Crippen molar-refractivity contribution < 1.29 is 9.53 Å². The molecule has 4 rings (SSSR count). The minimum absolute atomic E-state index is 0.224. The van der Waals surface area contributed by atoms with Crippen LogP contribution in [0.3, 0.4) is 0 Å². The first-order valence-corrected chi connectivity index (χ1v) is 10.2. The van der Waals surface area contributed by atoms with Crippen molar-refractivity contribution >= 4 is 5.91 Å². The van der Waals surface area contributed by atoms with Crippen LogP contribution in [0.2, 0.25) is 0 Å². The lowest BCUT2D eigenvalue weighted by atomic mass is 9.78. The summed E-state index contributed by atoms with van der Waals surface area (Å²) in [4.78, 5) is 18.3. The van der Waals surface area contributed by atoms with Crippen LogP contribution in [0.15, 0.2) is 24.3 Å². The SMILES string of the molecule is COCCN1CCC2(CCCN(C(=O)C3(c4ccccc4C)CC3)C2)C1. The zero-order valence-corrected chi connectivity index (χ0v) is 16.3. The van der Waals surface area contributed by atoms with Crippen LogP contribution >= 0.6 is 0 Å². The second kappa shape index (κ2) is 6.97. The van der Waals surface area contributed by atoms with E-state index in [1.54, 1.807) is 7.11 Å². The van der Waals surface area contributed by atoms with Crippen LogP contribution < -0.4 is 0 Å². The van der Waals surface area contributed by atoms with Crippen LogP contribution in [0.5, 0.6) is 0 Å². The van der Waals surface area contributed by atoms with Gasteiger partial charge in [0.25, 0.3) is 0 Å². The molecule has 26 heavy (non-hydrogen) atoms. The van der Waals surface area contributed by atoms with Crippen molar-refractivity contribution in [2.75, 3.05) is 46.4 Å². The number of aryl methyl sites for hydroxylation is 1. The number of rotatable bonds is 5. The van der Waals surface area contributed by atoms with Crippen molar-refractivity contribution in [3.63, 3.8) is 0 Å². The van der Waals surface area contributed by atoms with E-state index in [4.69, 9.17) is 4.74 Å². The second-order valence-electron chi connectivity index (χ2n) is 8.75. The van der Waals surface area contributed by atoms with Gasteiger partial charge in [0, 0.05) is 38.7 Å². The van der Waals surface area contributed by atoms with Crippen molar-refractivity contribution in [2.24, 2.45) is 5.41 Å². The van der Waals surface area contributed by atoms with Gasteiger partial charge in [-0.2, -0.15) is 0 Å². The van der Waals surface area contributed by atoms with Crippen molar-refractivity contribution in [1.29, 1.82) is 0 Å². The van der Waals surface area contributed by atoms with Crippen LogP contribution in [0.25, 0.3) is 0 Å². The van der Waals surface area contributed by atoms with E-state index >= 15 is 0 Å². The van der Waals surface area contributed by atoms with Gasteiger partial charge in [0.1, 0.15) is 0 Å². The third-order valence-electron chi connectivity index (χ3n) is 6.90. The number of carbonyl (C=O) groups excluding carboxylic acids is 1. The maximum Gasteiger partial charge on any atom is 0.233 e. The monoisotopic (exact) mass is 356 g/mol. The van der Waals surface area contributed by atoms with Gasteiger partial charge in [0.2, 0.25) is 5.91 Å². The lowest BCUT2D eigenvalue weighted by molar-refractivity contribution is -0.137. The largest absolute Gasteiger partial charge is 0.383 e. The molecular weight excluding hydrogens is 324 g/mol. The Bertz CT molecular complexity index is 670. The molecule has 1 saturated carbocycles. The molecule has 1 aromatic carbocycles. The van der Waals surface area contributed by atoms with E-state index in [0.29, 0.717) is 11.3 Å². The smallest absolute Gasteiger partial charge is 0.233 e. The Morgan fingerprint density at radius 3 is 2.65 bits per heavy atom. The predicted octanol–water partition coefficient (Wildman–Crippen LogP) is 2.99. The number of nitrogens with zero attached hydrogens (tertiary/aromatic N) is 2. The van der Waals surface area contributed by atoms with Crippen molar-refractivity contribution in [3.05, 3.63) is 35.4 Å². The molecule has 142 valence electrons. The van der Waals surface area contributed by atoms with E-state index in [-0.39, 0.29) is 5.41 Å². The molecule has 0 N–H and O–H groups in total. The second-order valence-corrected chi connectivity index (χ2v) is 8.75. The van der Waals surface area contributed by atoms with Gasteiger partial charge >= 0.3 is 0 Å². The van der Waals surface area contributed by atoms with Gasteiger partial charge in [0.15, 0.2) is 0 Å². The number of ether oxygens (including phenoxy) is 1. The molecule has 0 radical (unpaired) electrons. The summed E-state index contributed by atoms with van der Waals surface area (Å²) >= 11 is 0. The molecule has 4 heteroatoms. The number of likely N-dealkylation sites (tertiary alicyclic amines) is 2. The highest BCUT2D eigenvalue weighted by atomic mass is 16.5. The first-order valence-electron chi connectivity index (χ1n) is 10.2. The molecule has 3 fully saturated rings. The fourth-order valence-electron chi connectivity index (χ4n) is 5.29. The standard InChI is InChI=1S/C22H32N2O2/c1-18-6-3-4-7-19(18)22(9-10-22)20(25)24-12-5-8-21(17-24)11-13-23(16-21)14-15-26-2/h3-4,6-7H,5,8-17H2,1-2H3. The molecule has 1 spiro atoms. The third-order valence-corrected chi connectivity index (χ3v) is 6.90. The predicted molar refractivity (Wildman–Crippen MR) is 103 cm³/mol. The van der Waals surface area contributed by atoms with E-state index in [0.717, 1.165) is 58.6 Å². The molecular formula is C22H32N2O2. The van der Waals surface area contributed by atoms with Crippen LogP contribution in [-0.4, -0.2) is 62.1 Å². The van der Waals surface area contributed by atoms with Crippen LogP contribution in [-0.2, 0) is 14.9 Å². The molecule has 1 atom stereocenters. The normalized spacial score (nSPS) is 27.8. The zero-order chi connectivity index (χ0) is 18.2. The van der Waals surface area contributed by atoms with Gasteiger partial charge in [0.05, 0.1) is 12.0 Å². The summed E-state index contributed by atoms with van der Waals surface area (Å²) in [5, 5.41) is 0. The molecule has 1 unspecified atom stereocenters. The summed E-state index contributed by atoms with van der Waals surface area (Å²) in [6, 6.07) is 8.47. The molecule has 0 bridgehead atoms. The Morgan fingerprint density at radius 2 is 1.92 bits per heavy atom. The van der Waals surface area contributed by atoms with E-state index in [2.05, 4.69) is 41.0 Å². The minimum Gasteiger partial charge on any atom is -0.383 e. The van der Waals surface area contributed by atoms with Gasteiger partial charge < -0.3 is 14.5 Å². The maximum atomic E-state index is 13.5. The molecule has 3 aliphatic rings. The highest BCUT2D eigenvalue weighted by Crippen LogP contribution is 2.51. The Balaban J connectivity index is 1.47. The molecule has 2 heterocycles. The fraction of sp³-hybridized carbons (Fsp3) is 0.682. The molecule has 2 aliphatic heterocycles. The number of hydrogen-bond donors (Lipinski definition) is 0. The minimum atomic E-state index is -0.224. The van der Waals surface area contributed by atoms with Crippen LogP contribution in [0.4, 0.5) is 0 Å². The number of hydrogen-bond acceptors (Lipinski definition) is 3. The van der Waals surface area contributed by atoms with Crippen LogP contribution in [0, 0.1) is 12.3 Å². The first-order chi connectivity index (χ1) is 12.6. The molecule has 1 aromatic rings. The fourth-order valence-corrected chi connectivity index (χ4v) is 5.29. The van der Waals surface area contributed by atoms with Crippen molar-refractivity contribution in [1.82, 2.24) is 9.80 Å². The average Bonchev–Trinajstić information content (AvgIpc) is 3.37. The topological polar surface area (TPSA) is 32.8 Å². The molecule has 2 saturated heterocycles. The van der Waals surface area contributed by atoms with E-state index < -0.39 is 0 Å². The summed E-state index contributed by atoms with van der Waals surface area (Å²) in [6.45, 7) is 8.11. The number of carbonyl (C=O) groups is 1. The van der Waals surface area contributed by atoms with Gasteiger partial charge in [-0.05, 0) is 56.7 Å². The Morgan fingerprint density at radius 1 is 1.12 bits per heavy atom. The molecule has 0 aromatic heterocycles. The summed E-state index contributed by atoms with van der Waals surface area (Å²) in [5.74, 6) is 0.390. The van der Waals surface area contributed by atoms with Crippen molar-refractivity contribution in [3.8, 4) is 0 Å². The summed E-state index contributed by atoms with van der Waals surface area (Å²) in [6.07, 6.45) is 5.66. The highest BCUT2D eigenvalue weighted by molar-refractivity contribution is 5.91. The Labute approximate surface area is 157 Å². The van der Waals surface area contributed by atoms with E-state index in [9.17, 15) is 4.79 Å².